The molecule has 0 aliphatic heterocycles. The summed E-state index contributed by atoms with van der Waals surface area (Å²) in [5.74, 6) is 3.51. The van der Waals surface area contributed by atoms with Crippen molar-refractivity contribution in [1.82, 2.24) is 9.97 Å². The maximum Gasteiger partial charge on any atom is 0.135 e. The average Bonchev–Trinajstić information content (AvgIpc) is 3.31. The summed E-state index contributed by atoms with van der Waals surface area (Å²) in [5.41, 5.74) is 1.33. The second-order valence-corrected chi connectivity index (χ2v) is 6.02. The molecular formula is C16H19N3S. The van der Waals surface area contributed by atoms with E-state index in [2.05, 4.69) is 47.6 Å². The smallest absolute Gasteiger partial charge is 0.135 e. The summed E-state index contributed by atoms with van der Waals surface area (Å²) in [7, 11) is 0. The third-order valence-electron chi connectivity index (χ3n) is 3.25. The minimum absolute atomic E-state index is 0.588. The van der Waals surface area contributed by atoms with E-state index in [1.54, 1.807) is 11.8 Å². The standard InChI is InChI=1S/C16H19N3S/c1-2-17-14-10-15(19-16(18-14)13-8-9-13)20-11-12-6-4-3-5-7-12/h3-7,10,13H,2,8-9,11H2,1H3,(H,17,18,19). The molecule has 104 valence electrons. The molecule has 0 atom stereocenters. The first-order valence-corrected chi connectivity index (χ1v) is 8.13. The topological polar surface area (TPSA) is 37.8 Å². The molecule has 0 unspecified atom stereocenters. The van der Waals surface area contributed by atoms with Crippen molar-refractivity contribution >= 4 is 17.6 Å². The van der Waals surface area contributed by atoms with Crippen LogP contribution in [0.1, 0.15) is 37.1 Å². The molecule has 0 saturated heterocycles. The summed E-state index contributed by atoms with van der Waals surface area (Å²) in [5, 5.41) is 4.38. The number of hydrogen-bond acceptors (Lipinski definition) is 4. The van der Waals surface area contributed by atoms with Gasteiger partial charge in [-0.05, 0) is 25.3 Å². The Morgan fingerprint density at radius 2 is 2.00 bits per heavy atom. The normalized spacial score (nSPS) is 14.2. The number of anilines is 1. The van der Waals surface area contributed by atoms with Crippen LogP contribution in [0.15, 0.2) is 41.4 Å². The molecule has 1 N–H and O–H groups in total. The maximum atomic E-state index is 4.70. The van der Waals surface area contributed by atoms with Crippen molar-refractivity contribution in [2.24, 2.45) is 0 Å². The molecular weight excluding hydrogens is 266 g/mol. The number of nitrogens with one attached hydrogen (secondary N) is 1. The molecule has 3 rings (SSSR count). The van der Waals surface area contributed by atoms with Gasteiger partial charge in [0.1, 0.15) is 16.7 Å². The van der Waals surface area contributed by atoms with Crippen LogP contribution >= 0.6 is 11.8 Å². The van der Waals surface area contributed by atoms with Gasteiger partial charge in [0.15, 0.2) is 0 Å². The Morgan fingerprint density at radius 1 is 1.20 bits per heavy atom. The lowest BCUT2D eigenvalue weighted by molar-refractivity contribution is 0.876. The van der Waals surface area contributed by atoms with Crippen molar-refractivity contribution in [2.45, 2.75) is 36.5 Å². The monoisotopic (exact) mass is 285 g/mol. The van der Waals surface area contributed by atoms with Crippen LogP contribution in [0.4, 0.5) is 5.82 Å². The van der Waals surface area contributed by atoms with Crippen molar-refractivity contribution in [3.8, 4) is 0 Å². The van der Waals surface area contributed by atoms with Crippen LogP contribution in [0.3, 0.4) is 0 Å². The van der Waals surface area contributed by atoms with Gasteiger partial charge in [-0.15, -0.1) is 11.8 Å². The van der Waals surface area contributed by atoms with E-state index < -0.39 is 0 Å². The van der Waals surface area contributed by atoms with Gasteiger partial charge in [0.05, 0.1) is 0 Å². The fraction of sp³-hybridized carbons (Fsp3) is 0.375. The van der Waals surface area contributed by atoms with E-state index in [1.165, 1.54) is 18.4 Å². The predicted molar refractivity (Wildman–Crippen MR) is 84.2 cm³/mol. The fourth-order valence-electron chi connectivity index (χ4n) is 2.04. The van der Waals surface area contributed by atoms with E-state index in [4.69, 9.17) is 4.98 Å². The van der Waals surface area contributed by atoms with E-state index in [1.807, 2.05) is 6.07 Å². The third kappa shape index (κ3) is 3.51. The number of benzene rings is 1. The van der Waals surface area contributed by atoms with Crippen molar-refractivity contribution in [3.05, 3.63) is 47.8 Å². The molecule has 1 aromatic heterocycles. The number of aromatic nitrogens is 2. The molecule has 1 aliphatic carbocycles. The third-order valence-corrected chi connectivity index (χ3v) is 4.23. The minimum atomic E-state index is 0.588. The zero-order chi connectivity index (χ0) is 13.8. The van der Waals surface area contributed by atoms with E-state index in [9.17, 15) is 0 Å². The van der Waals surface area contributed by atoms with Gasteiger partial charge >= 0.3 is 0 Å². The summed E-state index contributed by atoms with van der Waals surface area (Å²) in [6.07, 6.45) is 2.47. The van der Waals surface area contributed by atoms with Gasteiger partial charge in [0.25, 0.3) is 0 Å². The molecule has 1 fully saturated rings. The fourth-order valence-corrected chi connectivity index (χ4v) is 2.90. The summed E-state index contributed by atoms with van der Waals surface area (Å²) in [6.45, 7) is 2.99. The van der Waals surface area contributed by atoms with Crippen molar-refractivity contribution in [1.29, 1.82) is 0 Å². The Balaban J connectivity index is 1.74. The van der Waals surface area contributed by atoms with Gasteiger partial charge in [-0.25, -0.2) is 9.97 Å². The highest BCUT2D eigenvalue weighted by atomic mass is 32.2. The molecule has 0 bridgehead atoms. The molecule has 2 aromatic rings. The van der Waals surface area contributed by atoms with E-state index in [0.717, 1.165) is 29.0 Å². The molecule has 0 amide bonds. The second kappa shape index (κ2) is 6.27. The number of hydrogen-bond donors (Lipinski definition) is 1. The van der Waals surface area contributed by atoms with Crippen LogP contribution in [-0.4, -0.2) is 16.5 Å². The average molecular weight is 285 g/mol. The van der Waals surface area contributed by atoms with Crippen molar-refractivity contribution < 1.29 is 0 Å². The number of rotatable bonds is 6. The molecule has 1 aromatic carbocycles. The van der Waals surface area contributed by atoms with Gasteiger partial charge in [0, 0.05) is 24.3 Å². The second-order valence-electron chi connectivity index (χ2n) is 5.03. The quantitative estimate of drug-likeness (QED) is 0.641. The molecule has 1 saturated carbocycles. The highest BCUT2D eigenvalue weighted by molar-refractivity contribution is 7.98. The SMILES string of the molecule is CCNc1cc(SCc2ccccc2)nc(C2CC2)n1. The number of nitrogens with zero attached hydrogens (tertiary/aromatic N) is 2. The van der Waals surface area contributed by atoms with Gasteiger partial charge in [-0.2, -0.15) is 0 Å². The molecule has 20 heavy (non-hydrogen) atoms. The largest absolute Gasteiger partial charge is 0.370 e. The summed E-state index contributed by atoms with van der Waals surface area (Å²) in [4.78, 5) is 9.31. The zero-order valence-electron chi connectivity index (χ0n) is 11.7. The zero-order valence-corrected chi connectivity index (χ0v) is 12.5. The molecule has 0 spiro atoms. The molecule has 1 heterocycles. The van der Waals surface area contributed by atoms with Crippen LogP contribution < -0.4 is 5.32 Å². The van der Waals surface area contributed by atoms with Gasteiger partial charge in [0.2, 0.25) is 0 Å². The first kappa shape index (κ1) is 13.4. The highest BCUT2D eigenvalue weighted by Gasteiger charge is 2.27. The molecule has 1 aliphatic rings. The van der Waals surface area contributed by atoms with E-state index in [0.29, 0.717) is 5.92 Å². The van der Waals surface area contributed by atoms with Crippen molar-refractivity contribution in [2.75, 3.05) is 11.9 Å². The van der Waals surface area contributed by atoms with Gasteiger partial charge in [-0.3, -0.25) is 0 Å². The van der Waals surface area contributed by atoms with Crippen LogP contribution in [0, 0.1) is 0 Å². The summed E-state index contributed by atoms with van der Waals surface area (Å²) in [6, 6.07) is 12.6. The summed E-state index contributed by atoms with van der Waals surface area (Å²) >= 11 is 1.78. The van der Waals surface area contributed by atoms with Gasteiger partial charge < -0.3 is 5.32 Å². The van der Waals surface area contributed by atoms with E-state index in [-0.39, 0.29) is 0 Å². The predicted octanol–water partition coefficient (Wildman–Crippen LogP) is 4.08. The Labute approximate surface area is 124 Å². The van der Waals surface area contributed by atoms with Crippen LogP contribution in [0.25, 0.3) is 0 Å². The Morgan fingerprint density at radius 3 is 2.70 bits per heavy atom. The Bertz CT molecular complexity index is 567. The van der Waals surface area contributed by atoms with Crippen LogP contribution in [0.2, 0.25) is 0 Å². The maximum absolute atomic E-state index is 4.70. The highest BCUT2D eigenvalue weighted by Crippen LogP contribution is 2.39. The van der Waals surface area contributed by atoms with Gasteiger partial charge in [-0.1, -0.05) is 30.3 Å². The van der Waals surface area contributed by atoms with Crippen LogP contribution in [0.5, 0.6) is 0 Å². The number of thioether (sulfide) groups is 1. The van der Waals surface area contributed by atoms with Crippen LogP contribution in [-0.2, 0) is 5.75 Å². The minimum Gasteiger partial charge on any atom is -0.370 e. The Kier molecular flexibility index (Phi) is 4.21. The first-order chi connectivity index (χ1) is 9.85. The lowest BCUT2D eigenvalue weighted by Crippen LogP contribution is -2.03. The van der Waals surface area contributed by atoms with Crippen molar-refractivity contribution in [3.63, 3.8) is 0 Å². The first-order valence-electron chi connectivity index (χ1n) is 7.14. The lowest BCUT2D eigenvalue weighted by atomic mass is 10.2. The molecule has 4 heteroatoms. The van der Waals surface area contributed by atoms with E-state index >= 15 is 0 Å². The molecule has 0 radical (unpaired) electrons. The lowest BCUT2D eigenvalue weighted by Gasteiger charge is -2.08. The summed E-state index contributed by atoms with van der Waals surface area (Å²) < 4.78 is 0. The molecule has 3 nitrogen and oxygen atoms in total. The Hall–Kier alpha value is -1.55.